The molecule has 0 radical (unpaired) electrons. The minimum atomic E-state index is -1.02. The van der Waals surface area contributed by atoms with Gasteiger partial charge in [0.25, 0.3) is 0 Å². The van der Waals surface area contributed by atoms with Crippen molar-refractivity contribution >= 4 is 17.6 Å². The molecule has 2 aromatic rings. The molecule has 1 aliphatic heterocycles. The molecule has 0 bridgehead atoms. The summed E-state index contributed by atoms with van der Waals surface area (Å²) in [7, 11) is 0. The molecular weight excluding hydrogens is 318 g/mol. The summed E-state index contributed by atoms with van der Waals surface area (Å²) in [5.41, 5.74) is 2.08. The summed E-state index contributed by atoms with van der Waals surface area (Å²) in [6, 6.07) is 14.3. The fraction of sp³-hybridized carbons (Fsp3) is 0.300. The molecule has 2 aromatic carbocycles. The van der Waals surface area contributed by atoms with Crippen LogP contribution in [0.1, 0.15) is 34.3 Å². The molecule has 1 aliphatic rings. The molecular formula is C20H21NO4. The minimum Gasteiger partial charge on any atom is -0.478 e. The van der Waals surface area contributed by atoms with E-state index < -0.39 is 11.4 Å². The Morgan fingerprint density at radius 2 is 1.76 bits per heavy atom. The SMILES string of the molecule is Cc1ccc(C2(C(=O)Nc3cccc(C(=O)O)c3)CCOCC2)cc1. The molecule has 3 rings (SSSR count). The number of carboxylic acids is 1. The van der Waals surface area contributed by atoms with E-state index in [1.807, 2.05) is 31.2 Å². The number of amides is 1. The van der Waals surface area contributed by atoms with E-state index in [2.05, 4.69) is 5.32 Å². The van der Waals surface area contributed by atoms with Gasteiger partial charge in [-0.3, -0.25) is 4.79 Å². The maximum Gasteiger partial charge on any atom is 0.335 e. The number of nitrogens with one attached hydrogen (secondary N) is 1. The highest BCUT2D eigenvalue weighted by molar-refractivity contribution is 6.00. The number of hydrogen-bond donors (Lipinski definition) is 2. The normalized spacial score (nSPS) is 16.2. The van der Waals surface area contributed by atoms with Gasteiger partial charge in [-0.15, -0.1) is 0 Å². The average Bonchev–Trinajstić information content (AvgIpc) is 2.63. The molecule has 0 unspecified atom stereocenters. The molecule has 0 aromatic heterocycles. The molecule has 1 heterocycles. The van der Waals surface area contributed by atoms with Gasteiger partial charge < -0.3 is 15.2 Å². The number of aryl methyl sites for hydroxylation is 1. The topological polar surface area (TPSA) is 75.6 Å². The number of aromatic carboxylic acids is 1. The molecule has 130 valence electrons. The second-order valence-electron chi connectivity index (χ2n) is 6.40. The molecule has 0 spiro atoms. The first-order valence-electron chi connectivity index (χ1n) is 8.31. The Bertz CT molecular complexity index is 777. The molecule has 25 heavy (non-hydrogen) atoms. The van der Waals surface area contributed by atoms with Gasteiger partial charge in [0.05, 0.1) is 11.0 Å². The van der Waals surface area contributed by atoms with E-state index in [0.29, 0.717) is 31.7 Å². The molecule has 1 saturated heterocycles. The van der Waals surface area contributed by atoms with E-state index in [-0.39, 0.29) is 11.5 Å². The van der Waals surface area contributed by atoms with Crippen molar-refractivity contribution in [3.8, 4) is 0 Å². The van der Waals surface area contributed by atoms with E-state index in [1.54, 1.807) is 12.1 Å². The highest BCUT2D eigenvalue weighted by Gasteiger charge is 2.41. The number of anilines is 1. The summed E-state index contributed by atoms with van der Waals surface area (Å²) in [6.07, 6.45) is 1.20. The van der Waals surface area contributed by atoms with E-state index in [1.165, 1.54) is 12.1 Å². The largest absolute Gasteiger partial charge is 0.478 e. The smallest absolute Gasteiger partial charge is 0.335 e. The highest BCUT2D eigenvalue weighted by Crippen LogP contribution is 2.36. The molecule has 2 N–H and O–H groups in total. The minimum absolute atomic E-state index is 0.123. The summed E-state index contributed by atoms with van der Waals surface area (Å²) in [5, 5.41) is 12.0. The number of hydrogen-bond acceptors (Lipinski definition) is 3. The fourth-order valence-electron chi connectivity index (χ4n) is 3.22. The Labute approximate surface area is 146 Å². The van der Waals surface area contributed by atoms with Crippen LogP contribution >= 0.6 is 0 Å². The molecule has 0 aliphatic carbocycles. The summed E-state index contributed by atoms with van der Waals surface area (Å²) in [6.45, 7) is 3.06. The maximum atomic E-state index is 13.1. The van der Waals surface area contributed by atoms with Crippen molar-refractivity contribution in [1.29, 1.82) is 0 Å². The van der Waals surface area contributed by atoms with E-state index in [0.717, 1.165) is 11.1 Å². The highest BCUT2D eigenvalue weighted by atomic mass is 16.5. The zero-order valence-electron chi connectivity index (χ0n) is 14.1. The van der Waals surface area contributed by atoms with Crippen LogP contribution in [-0.4, -0.2) is 30.2 Å². The van der Waals surface area contributed by atoms with Gasteiger partial charge in [-0.25, -0.2) is 4.79 Å². The first-order valence-corrected chi connectivity index (χ1v) is 8.31. The van der Waals surface area contributed by atoms with Crippen molar-refractivity contribution in [1.82, 2.24) is 0 Å². The second kappa shape index (κ2) is 7.07. The van der Waals surface area contributed by atoms with Crippen molar-refractivity contribution < 1.29 is 19.4 Å². The molecule has 5 nitrogen and oxygen atoms in total. The van der Waals surface area contributed by atoms with Gasteiger partial charge in [0, 0.05) is 18.9 Å². The van der Waals surface area contributed by atoms with E-state index >= 15 is 0 Å². The average molecular weight is 339 g/mol. The lowest BCUT2D eigenvalue weighted by atomic mass is 9.73. The van der Waals surface area contributed by atoms with Gasteiger partial charge in [0.15, 0.2) is 0 Å². The zero-order chi connectivity index (χ0) is 17.9. The summed E-state index contributed by atoms with van der Waals surface area (Å²) in [5.74, 6) is -1.14. The molecule has 1 amide bonds. The van der Waals surface area contributed by atoms with Crippen LogP contribution in [-0.2, 0) is 14.9 Å². The Balaban J connectivity index is 1.91. The Morgan fingerprint density at radius 3 is 2.40 bits per heavy atom. The third-order valence-electron chi connectivity index (χ3n) is 4.75. The maximum absolute atomic E-state index is 13.1. The standard InChI is InChI=1S/C20H21NO4/c1-14-5-7-16(8-6-14)20(9-11-25-12-10-20)19(24)21-17-4-2-3-15(13-17)18(22)23/h2-8,13H,9-12H2,1H3,(H,21,24)(H,22,23). The Morgan fingerprint density at radius 1 is 1.08 bits per heavy atom. The third-order valence-corrected chi connectivity index (χ3v) is 4.75. The first kappa shape index (κ1) is 17.2. The summed E-state index contributed by atoms with van der Waals surface area (Å²) >= 11 is 0. The predicted octanol–water partition coefficient (Wildman–Crippen LogP) is 3.38. The van der Waals surface area contributed by atoms with E-state index in [4.69, 9.17) is 9.84 Å². The van der Waals surface area contributed by atoms with Gasteiger partial charge in [0.2, 0.25) is 5.91 Å². The van der Waals surface area contributed by atoms with E-state index in [9.17, 15) is 9.59 Å². The van der Waals surface area contributed by atoms with Crippen molar-refractivity contribution in [2.24, 2.45) is 0 Å². The lowest BCUT2D eigenvalue weighted by molar-refractivity contribution is -0.125. The second-order valence-corrected chi connectivity index (χ2v) is 6.40. The monoisotopic (exact) mass is 339 g/mol. The Hall–Kier alpha value is -2.66. The molecule has 5 heteroatoms. The molecule has 0 saturated carbocycles. The van der Waals surface area contributed by atoms with Gasteiger partial charge in [0.1, 0.15) is 0 Å². The van der Waals surface area contributed by atoms with Crippen molar-refractivity contribution in [3.63, 3.8) is 0 Å². The van der Waals surface area contributed by atoms with Crippen LogP contribution in [0.25, 0.3) is 0 Å². The summed E-state index contributed by atoms with van der Waals surface area (Å²) < 4.78 is 5.46. The van der Waals surface area contributed by atoms with Crippen LogP contribution in [0.3, 0.4) is 0 Å². The first-order chi connectivity index (χ1) is 12.0. The lowest BCUT2D eigenvalue weighted by Crippen LogP contribution is -2.44. The van der Waals surface area contributed by atoms with Crippen LogP contribution < -0.4 is 5.32 Å². The van der Waals surface area contributed by atoms with Crippen molar-refractivity contribution in [2.45, 2.75) is 25.2 Å². The van der Waals surface area contributed by atoms with Gasteiger partial charge in [-0.2, -0.15) is 0 Å². The zero-order valence-corrected chi connectivity index (χ0v) is 14.1. The van der Waals surface area contributed by atoms with Gasteiger partial charge >= 0.3 is 5.97 Å². The number of carbonyl (C=O) groups is 2. The number of carbonyl (C=O) groups excluding carboxylic acids is 1. The number of benzene rings is 2. The van der Waals surface area contributed by atoms with Crippen LogP contribution in [0.15, 0.2) is 48.5 Å². The molecule has 1 fully saturated rings. The number of rotatable bonds is 4. The number of carboxylic acid groups (broad SMARTS) is 1. The van der Waals surface area contributed by atoms with Crippen LogP contribution in [0.5, 0.6) is 0 Å². The van der Waals surface area contributed by atoms with Crippen molar-refractivity contribution in [3.05, 3.63) is 65.2 Å². The van der Waals surface area contributed by atoms with Crippen LogP contribution in [0.4, 0.5) is 5.69 Å². The molecule has 0 atom stereocenters. The van der Waals surface area contributed by atoms with Gasteiger partial charge in [-0.1, -0.05) is 35.9 Å². The summed E-state index contributed by atoms with van der Waals surface area (Å²) in [4.78, 5) is 24.3. The Kier molecular flexibility index (Phi) is 4.86. The predicted molar refractivity (Wildman–Crippen MR) is 94.9 cm³/mol. The third kappa shape index (κ3) is 3.56. The fourth-order valence-corrected chi connectivity index (χ4v) is 3.22. The quantitative estimate of drug-likeness (QED) is 0.895. The van der Waals surface area contributed by atoms with Crippen LogP contribution in [0, 0.1) is 6.92 Å². The van der Waals surface area contributed by atoms with Crippen LogP contribution in [0.2, 0.25) is 0 Å². The van der Waals surface area contributed by atoms with Gasteiger partial charge in [-0.05, 0) is 43.5 Å². The number of ether oxygens (including phenoxy) is 1. The van der Waals surface area contributed by atoms with Crippen molar-refractivity contribution in [2.75, 3.05) is 18.5 Å². The lowest BCUT2D eigenvalue weighted by Gasteiger charge is -2.36.